The number of likely N-dealkylation sites (tertiary alicyclic amines) is 1. The molecule has 3 nitrogen and oxygen atoms in total. The molecule has 0 N–H and O–H groups in total. The number of hydrogen-bond donors (Lipinski definition) is 0. The van der Waals surface area contributed by atoms with E-state index in [9.17, 15) is 8.42 Å². The van der Waals surface area contributed by atoms with Crippen LogP contribution in [0.4, 0.5) is 0 Å². The maximum atomic E-state index is 12.4. The molecule has 1 aromatic carbocycles. The van der Waals surface area contributed by atoms with Crippen LogP contribution in [0.2, 0.25) is 5.02 Å². The van der Waals surface area contributed by atoms with Crippen LogP contribution in [-0.2, 0) is 9.84 Å². The van der Waals surface area contributed by atoms with E-state index in [1.807, 2.05) is 6.07 Å². The Hall–Kier alpha value is -1.00. The topological polar surface area (TPSA) is 37.4 Å². The van der Waals surface area contributed by atoms with Gasteiger partial charge >= 0.3 is 0 Å². The number of sulfone groups is 1. The molecule has 2 aliphatic rings. The van der Waals surface area contributed by atoms with Gasteiger partial charge in [0.2, 0.25) is 9.84 Å². The number of hydrogen-bond acceptors (Lipinski definition) is 3. The molecule has 18 heavy (non-hydrogen) atoms. The van der Waals surface area contributed by atoms with E-state index in [0.717, 1.165) is 37.2 Å². The average molecular weight is 284 g/mol. The maximum Gasteiger partial charge on any atom is 0.205 e. The Labute approximate surface area is 112 Å². The first-order valence-corrected chi connectivity index (χ1v) is 7.89. The van der Waals surface area contributed by atoms with Crippen LogP contribution in [0.5, 0.6) is 0 Å². The van der Waals surface area contributed by atoms with Gasteiger partial charge in [-0.2, -0.15) is 0 Å². The van der Waals surface area contributed by atoms with E-state index in [1.165, 1.54) is 0 Å². The lowest BCUT2D eigenvalue weighted by Gasteiger charge is -2.20. The van der Waals surface area contributed by atoms with E-state index in [4.69, 9.17) is 11.6 Å². The Morgan fingerprint density at radius 3 is 2.56 bits per heavy atom. The van der Waals surface area contributed by atoms with Gasteiger partial charge in [0, 0.05) is 23.7 Å². The van der Waals surface area contributed by atoms with Crippen molar-refractivity contribution in [3.63, 3.8) is 0 Å². The van der Waals surface area contributed by atoms with Crippen molar-refractivity contribution in [1.29, 1.82) is 0 Å². The molecule has 0 spiro atoms. The van der Waals surface area contributed by atoms with Crippen LogP contribution in [0, 0.1) is 0 Å². The molecular weight excluding hydrogens is 270 g/mol. The van der Waals surface area contributed by atoms with Crippen molar-refractivity contribution < 1.29 is 8.42 Å². The van der Waals surface area contributed by atoms with E-state index in [2.05, 4.69) is 4.90 Å². The zero-order valence-corrected chi connectivity index (χ0v) is 11.7. The Balaban J connectivity index is 2.23. The predicted octanol–water partition coefficient (Wildman–Crippen LogP) is 2.91. The molecule has 5 heteroatoms. The van der Waals surface area contributed by atoms with Gasteiger partial charge in [0.15, 0.2) is 0 Å². The molecule has 1 aromatic rings. The fourth-order valence-corrected chi connectivity index (χ4v) is 4.53. The Morgan fingerprint density at radius 2 is 1.89 bits per heavy atom. The van der Waals surface area contributed by atoms with Crippen LogP contribution in [0.25, 0.3) is 5.70 Å². The van der Waals surface area contributed by atoms with Crippen LogP contribution in [0.3, 0.4) is 0 Å². The van der Waals surface area contributed by atoms with Crippen LogP contribution in [0.15, 0.2) is 28.0 Å². The Kier molecular flexibility index (Phi) is 2.68. The van der Waals surface area contributed by atoms with E-state index >= 15 is 0 Å². The minimum Gasteiger partial charge on any atom is -0.370 e. The van der Waals surface area contributed by atoms with E-state index in [0.29, 0.717) is 14.8 Å². The molecule has 0 aliphatic carbocycles. The molecule has 2 heterocycles. The maximum absolute atomic E-state index is 12.4. The highest BCUT2D eigenvalue weighted by atomic mass is 35.5. The molecule has 0 bridgehead atoms. The summed E-state index contributed by atoms with van der Waals surface area (Å²) in [4.78, 5) is 2.99. The van der Waals surface area contributed by atoms with Crippen molar-refractivity contribution in [2.24, 2.45) is 0 Å². The molecule has 1 fully saturated rings. The van der Waals surface area contributed by atoms with Crippen molar-refractivity contribution >= 4 is 27.1 Å². The third-order valence-corrected chi connectivity index (χ3v) is 5.80. The molecule has 0 saturated carbocycles. The molecule has 2 aliphatic heterocycles. The van der Waals surface area contributed by atoms with Gasteiger partial charge in [-0.05, 0) is 31.9 Å². The summed E-state index contributed by atoms with van der Waals surface area (Å²) in [6.07, 6.45) is 2.25. The summed E-state index contributed by atoms with van der Waals surface area (Å²) < 4.78 is 24.7. The van der Waals surface area contributed by atoms with Gasteiger partial charge in [-0.3, -0.25) is 0 Å². The lowest BCUT2D eigenvalue weighted by atomic mass is 10.1. The van der Waals surface area contributed by atoms with Crippen molar-refractivity contribution in [2.75, 3.05) is 13.1 Å². The SMILES string of the molecule is CC1=C(N2CCCC2)c2ccc(Cl)cc2S1(=O)=O. The highest BCUT2D eigenvalue weighted by Gasteiger charge is 2.36. The molecule has 0 atom stereocenters. The summed E-state index contributed by atoms with van der Waals surface area (Å²) in [6, 6.07) is 5.13. The molecule has 0 radical (unpaired) electrons. The van der Waals surface area contributed by atoms with Gasteiger partial charge in [-0.15, -0.1) is 0 Å². The van der Waals surface area contributed by atoms with Crippen molar-refractivity contribution in [3.05, 3.63) is 33.7 Å². The van der Waals surface area contributed by atoms with Crippen LogP contribution in [0.1, 0.15) is 25.3 Å². The highest BCUT2D eigenvalue weighted by Crippen LogP contribution is 2.42. The van der Waals surface area contributed by atoms with Crippen molar-refractivity contribution in [1.82, 2.24) is 4.90 Å². The number of benzene rings is 1. The fraction of sp³-hybridized carbons (Fsp3) is 0.385. The smallest absolute Gasteiger partial charge is 0.205 e. The first-order valence-electron chi connectivity index (χ1n) is 6.02. The monoisotopic (exact) mass is 283 g/mol. The molecule has 0 unspecified atom stereocenters. The van der Waals surface area contributed by atoms with E-state index in [1.54, 1.807) is 19.1 Å². The highest BCUT2D eigenvalue weighted by molar-refractivity contribution is 7.95. The van der Waals surface area contributed by atoms with Gasteiger partial charge in [0.05, 0.1) is 15.5 Å². The largest absolute Gasteiger partial charge is 0.370 e. The number of halogens is 1. The third-order valence-electron chi connectivity index (χ3n) is 3.65. The third kappa shape index (κ3) is 1.59. The average Bonchev–Trinajstić information content (AvgIpc) is 2.89. The van der Waals surface area contributed by atoms with Gasteiger partial charge in [-0.25, -0.2) is 8.42 Å². The summed E-state index contributed by atoms with van der Waals surface area (Å²) in [5.74, 6) is 0. The summed E-state index contributed by atoms with van der Waals surface area (Å²) in [5, 5.41) is 0.466. The molecule has 1 saturated heterocycles. The van der Waals surface area contributed by atoms with Gasteiger partial charge in [-0.1, -0.05) is 17.7 Å². The van der Waals surface area contributed by atoms with Crippen LogP contribution in [-0.4, -0.2) is 26.4 Å². The summed E-state index contributed by atoms with van der Waals surface area (Å²) in [6.45, 7) is 3.56. The van der Waals surface area contributed by atoms with Crippen LogP contribution >= 0.6 is 11.6 Å². The molecule has 0 amide bonds. The first kappa shape index (κ1) is 12.1. The van der Waals surface area contributed by atoms with Gasteiger partial charge in [0.1, 0.15) is 0 Å². The standard InChI is InChI=1S/C13H14ClNO2S/c1-9-13(15-6-2-3-7-15)11-5-4-10(14)8-12(11)18(9,16)17/h4-5,8H,2-3,6-7H2,1H3. The second-order valence-electron chi connectivity index (χ2n) is 4.74. The quantitative estimate of drug-likeness (QED) is 0.795. The van der Waals surface area contributed by atoms with Crippen molar-refractivity contribution in [2.45, 2.75) is 24.7 Å². The zero-order chi connectivity index (χ0) is 12.9. The number of rotatable bonds is 1. The van der Waals surface area contributed by atoms with Crippen LogP contribution < -0.4 is 0 Å². The van der Waals surface area contributed by atoms with Gasteiger partial charge in [0.25, 0.3) is 0 Å². The minimum absolute atomic E-state index is 0.356. The summed E-state index contributed by atoms with van der Waals surface area (Å²) >= 11 is 5.91. The van der Waals surface area contributed by atoms with E-state index < -0.39 is 9.84 Å². The number of fused-ring (bicyclic) bond motifs is 1. The summed E-state index contributed by atoms with van der Waals surface area (Å²) in [5.41, 5.74) is 1.68. The lowest BCUT2D eigenvalue weighted by molar-refractivity contribution is 0.491. The number of allylic oxidation sites excluding steroid dienone is 1. The fourth-order valence-electron chi connectivity index (χ4n) is 2.73. The zero-order valence-electron chi connectivity index (χ0n) is 10.1. The Bertz CT molecular complexity index is 643. The number of nitrogens with zero attached hydrogens (tertiary/aromatic N) is 1. The second-order valence-corrected chi connectivity index (χ2v) is 7.24. The molecule has 0 aromatic heterocycles. The second kappa shape index (κ2) is 4.00. The lowest BCUT2D eigenvalue weighted by Crippen LogP contribution is -2.17. The van der Waals surface area contributed by atoms with Gasteiger partial charge < -0.3 is 4.90 Å². The first-order chi connectivity index (χ1) is 8.51. The summed E-state index contributed by atoms with van der Waals surface area (Å²) in [7, 11) is -3.34. The van der Waals surface area contributed by atoms with Crippen molar-refractivity contribution in [3.8, 4) is 0 Å². The molecular formula is C13H14ClNO2S. The predicted molar refractivity (Wildman–Crippen MR) is 72.0 cm³/mol. The minimum atomic E-state index is -3.34. The van der Waals surface area contributed by atoms with E-state index in [-0.39, 0.29) is 0 Å². The molecule has 3 rings (SSSR count). The Morgan fingerprint density at radius 1 is 1.22 bits per heavy atom. The molecule has 96 valence electrons. The normalized spacial score (nSPS) is 21.6.